The average molecular weight is 425 g/mol. The molecule has 0 saturated carbocycles. The van der Waals surface area contributed by atoms with Gasteiger partial charge in [0, 0.05) is 31.6 Å². The maximum Gasteiger partial charge on any atom is 0.255 e. The summed E-state index contributed by atoms with van der Waals surface area (Å²) in [5, 5.41) is 5.86. The van der Waals surface area contributed by atoms with Crippen LogP contribution in [0.2, 0.25) is 0 Å². The van der Waals surface area contributed by atoms with Gasteiger partial charge < -0.3 is 10.2 Å². The molecule has 166 valence electrons. The standard InChI is InChI=1S/C24H32N4O3/c1-16-13-27(11-8-24(16)6-9-25-10-7-24)14-17-2-3-18-15-28(23(31)19(18)12-17)20-4-5-21(29)26-22(20)30/h2-3,12,16,20,25H,4-11,13-15H2,1H3,(H,26,29,30). The van der Waals surface area contributed by atoms with Crippen molar-refractivity contribution in [3.05, 3.63) is 34.9 Å². The van der Waals surface area contributed by atoms with Gasteiger partial charge in [-0.3, -0.25) is 24.6 Å². The molecule has 3 amide bonds. The summed E-state index contributed by atoms with van der Waals surface area (Å²) >= 11 is 0. The highest BCUT2D eigenvalue weighted by Crippen LogP contribution is 2.44. The van der Waals surface area contributed by atoms with Crippen molar-refractivity contribution >= 4 is 17.7 Å². The van der Waals surface area contributed by atoms with E-state index in [-0.39, 0.29) is 24.1 Å². The zero-order valence-corrected chi connectivity index (χ0v) is 18.3. The highest BCUT2D eigenvalue weighted by molar-refractivity contribution is 6.05. The molecular formula is C24H32N4O3. The number of nitrogens with zero attached hydrogens (tertiary/aromatic N) is 2. The van der Waals surface area contributed by atoms with Gasteiger partial charge in [-0.05, 0) is 73.8 Å². The van der Waals surface area contributed by atoms with Crippen LogP contribution in [0.5, 0.6) is 0 Å². The number of imide groups is 1. The number of hydrogen-bond acceptors (Lipinski definition) is 5. The van der Waals surface area contributed by atoms with Gasteiger partial charge in [0.15, 0.2) is 0 Å². The van der Waals surface area contributed by atoms with Crippen LogP contribution in [-0.2, 0) is 22.7 Å². The minimum absolute atomic E-state index is 0.0907. The summed E-state index contributed by atoms with van der Waals surface area (Å²) in [7, 11) is 0. The maximum atomic E-state index is 13.1. The summed E-state index contributed by atoms with van der Waals surface area (Å²) in [4.78, 5) is 40.9. The molecule has 5 rings (SSSR count). The van der Waals surface area contributed by atoms with E-state index in [2.05, 4.69) is 28.5 Å². The first-order valence-electron chi connectivity index (χ1n) is 11.6. The second-order valence-corrected chi connectivity index (χ2v) is 9.89. The topological polar surface area (TPSA) is 81.8 Å². The van der Waals surface area contributed by atoms with Crippen LogP contribution in [0.25, 0.3) is 0 Å². The minimum Gasteiger partial charge on any atom is -0.322 e. The molecule has 1 spiro atoms. The van der Waals surface area contributed by atoms with Gasteiger partial charge in [0.2, 0.25) is 11.8 Å². The normalized spacial score (nSPS) is 28.7. The fourth-order valence-electron chi connectivity index (χ4n) is 6.07. The second kappa shape index (κ2) is 8.02. The largest absolute Gasteiger partial charge is 0.322 e. The molecular weight excluding hydrogens is 392 g/mol. The lowest BCUT2D eigenvalue weighted by atomic mass is 9.65. The van der Waals surface area contributed by atoms with Crippen LogP contribution in [0.15, 0.2) is 18.2 Å². The lowest BCUT2D eigenvalue weighted by Crippen LogP contribution is -2.52. The minimum atomic E-state index is -0.551. The van der Waals surface area contributed by atoms with E-state index >= 15 is 0 Å². The Bertz CT molecular complexity index is 908. The summed E-state index contributed by atoms with van der Waals surface area (Å²) in [6.45, 7) is 8.20. The van der Waals surface area contributed by atoms with E-state index in [0.29, 0.717) is 29.9 Å². The Hall–Kier alpha value is -2.25. The molecule has 3 saturated heterocycles. The van der Waals surface area contributed by atoms with Crippen LogP contribution >= 0.6 is 0 Å². The Kier molecular flexibility index (Phi) is 5.34. The van der Waals surface area contributed by atoms with Crippen molar-refractivity contribution in [1.29, 1.82) is 0 Å². The highest BCUT2D eigenvalue weighted by Gasteiger charge is 2.41. The number of fused-ring (bicyclic) bond motifs is 1. The van der Waals surface area contributed by atoms with Crippen molar-refractivity contribution < 1.29 is 14.4 Å². The quantitative estimate of drug-likeness (QED) is 0.722. The number of rotatable bonds is 3. The number of benzene rings is 1. The van der Waals surface area contributed by atoms with Crippen LogP contribution in [-0.4, -0.2) is 59.7 Å². The number of nitrogens with one attached hydrogen (secondary N) is 2. The van der Waals surface area contributed by atoms with Crippen molar-refractivity contribution in [2.75, 3.05) is 26.2 Å². The third kappa shape index (κ3) is 3.78. The fourth-order valence-corrected chi connectivity index (χ4v) is 6.07. The first-order chi connectivity index (χ1) is 14.9. The summed E-state index contributed by atoms with van der Waals surface area (Å²) in [6, 6.07) is 5.63. The highest BCUT2D eigenvalue weighted by atomic mass is 16.2. The van der Waals surface area contributed by atoms with Gasteiger partial charge in [-0.15, -0.1) is 0 Å². The zero-order chi connectivity index (χ0) is 21.6. The number of hydrogen-bond donors (Lipinski definition) is 2. The van der Waals surface area contributed by atoms with E-state index in [9.17, 15) is 14.4 Å². The third-order valence-corrected chi connectivity index (χ3v) is 8.10. The molecule has 1 aromatic carbocycles. The molecule has 31 heavy (non-hydrogen) atoms. The summed E-state index contributed by atoms with van der Waals surface area (Å²) in [5.41, 5.74) is 3.34. The second-order valence-electron chi connectivity index (χ2n) is 9.89. The number of carbonyl (C=O) groups is 3. The van der Waals surface area contributed by atoms with Crippen LogP contribution in [0, 0.1) is 11.3 Å². The number of carbonyl (C=O) groups excluding carboxylic acids is 3. The van der Waals surface area contributed by atoms with E-state index in [4.69, 9.17) is 0 Å². The van der Waals surface area contributed by atoms with Crippen LogP contribution < -0.4 is 10.6 Å². The molecule has 0 radical (unpaired) electrons. The Labute approximate surface area is 183 Å². The number of amides is 3. The predicted molar refractivity (Wildman–Crippen MR) is 116 cm³/mol. The van der Waals surface area contributed by atoms with Gasteiger partial charge >= 0.3 is 0 Å². The lowest BCUT2D eigenvalue weighted by molar-refractivity contribution is -0.136. The zero-order valence-electron chi connectivity index (χ0n) is 18.3. The van der Waals surface area contributed by atoms with Crippen molar-refractivity contribution in [2.45, 2.75) is 58.2 Å². The molecule has 7 nitrogen and oxygen atoms in total. The molecule has 0 aliphatic carbocycles. The molecule has 7 heteroatoms. The smallest absolute Gasteiger partial charge is 0.255 e. The molecule has 2 unspecified atom stereocenters. The van der Waals surface area contributed by atoms with Gasteiger partial charge in [-0.25, -0.2) is 0 Å². The van der Waals surface area contributed by atoms with E-state index in [1.165, 1.54) is 19.3 Å². The number of likely N-dealkylation sites (tertiary alicyclic amines) is 1. The van der Waals surface area contributed by atoms with Crippen molar-refractivity contribution in [1.82, 2.24) is 20.4 Å². The number of piperidine rings is 3. The van der Waals surface area contributed by atoms with Crippen molar-refractivity contribution in [3.63, 3.8) is 0 Å². The van der Waals surface area contributed by atoms with Crippen LogP contribution in [0.4, 0.5) is 0 Å². The molecule has 4 aliphatic heterocycles. The molecule has 2 atom stereocenters. The Morgan fingerprint density at radius 3 is 2.68 bits per heavy atom. The first kappa shape index (κ1) is 20.6. The lowest BCUT2D eigenvalue weighted by Gasteiger charge is -2.49. The van der Waals surface area contributed by atoms with E-state index in [1.54, 1.807) is 4.90 Å². The SMILES string of the molecule is CC1CN(Cc2ccc3c(c2)C(=O)N(C2CCC(=O)NC2=O)C3)CCC12CCNCC2. The van der Waals surface area contributed by atoms with Crippen molar-refractivity contribution in [2.24, 2.45) is 11.3 Å². The molecule has 0 bridgehead atoms. The van der Waals surface area contributed by atoms with E-state index in [0.717, 1.165) is 43.9 Å². The first-order valence-corrected chi connectivity index (χ1v) is 11.6. The van der Waals surface area contributed by atoms with Gasteiger partial charge in [0.25, 0.3) is 5.91 Å². The van der Waals surface area contributed by atoms with Gasteiger partial charge in [-0.1, -0.05) is 19.1 Å². The summed E-state index contributed by atoms with van der Waals surface area (Å²) in [5.74, 6) is -0.0176. The monoisotopic (exact) mass is 424 g/mol. The molecule has 3 fully saturated rings. The van der Waals surface area contributed by atoms with E-state index < -0.39 is 6.04 Å². The van der Waals surface area contributed by atoms with Gasteiger partial charge in [0.05, 0.1) is 0 Å². The predicted octanol–water partition coefficient (Wildman–Crippen LogP) is 1.66. The Balaban J connectivity index is 1.25. The summed E-state index contributed by atoms with van der Waals surface area (Å²) in [6.07, 6.45) is 4.51. The Morgan fingerprint density at radius 1 is 1.13 bits per heavy atom. The van der Waals surface area contributed by atoms with Crippen LogP contribution in [0.1, 0.15) is 60.5 Å². The summed E-state index contributed by atoms with van der Waals surface area (Å²) < 4.78 is 0. The van der Waals surface area contributed by atoms with Crippen molar-refractivity contribution in [3.8, 4) is 0 Å². The Morgan fingerprint density at radius 2 is 1.94 bits per heavy atom. The molecule has 0 aromatic heterocycles. The van der Waals surface area contributed by atoms with Gasteiger partial charge in [-0.2, -0.15) is 0 Å². The maximum absolute atomic E-state index is 13.1. The van der Waals surface area contributed by atoms with Gasteiger partial charge in [0.1, 0.15) is 6.04 Å². The molecule has 4 aliphatic rings. The fraction of sp³-hybridized carbons (Fsp3) is 0.625. The molecule has 1 aromatic rings. The average Bonchev–Trinajstić information content (AvgIpc) is 3.08. The van der Waals surface area contributed by atoms with E-state index in [1.807, 2.05) is 12.1 Å². The molecule has 2 N–H and O–H groups in total. The third-order valence-electron chi connectivity index (χ3n) is 8.10. The molecule has 4 heterocycles. The van der Waals surface area contributed by atoms with Crippen LogP contribution in [0.3, 0.4) is 0 Å².